The van der Waals surface area contributed by atoms with Crippen LogP contribution in [0.25, 0.3) is 10.9 Å². The molecule has 1 fully saturated rings. The van der Waals surface area contributed by atoms with Crippen molar-refractivity contribution in [2.24, 2.45) is 0 Å². The van der Waals surface area contributed by atoms with Crippen LogP contribution in [0.4, 0.5) is 0 Å². The fraction of sp³-hybridized carbons (Fsp3) is 0.391. The number of benzene rings is 2. The van der Waals surface area contributed by atoms with E-state index in [4.69, 9.17) is 9.84 Å². The van der Waals surface area contributed by atoms with Gasteiger partial charge in [0.05, 0.1) is 12.1 Å². The minimum absolute atomic E-state index is 0.117. The first-order chi connectivity index (χ1) is 14.5. The molecule has 0 spiro atoms. The molecule has 0 radical (unpaired) electrons. The molecule has 1 aliphatic heterocycles. The molecule has 2 aromatic carbocycles. The van der Waals surface area contributed by atoms with Crippen molar-refractivity contribution in [3.63, 3.8) is 0 Å². The number of aliphatic hydroxyl groups is 5. The topological polar surface area (TPSA) is 115 Å². The highest BCUT2D eigenvalue weighted by atomic mass is 16.6. The predicted octanol–water partition coefficient (Wildman–Crippen LogP) is 0.739. The molecule has 1 aromatic heterocycles. The monoisotopic (exact) mass is 413 g/mol. The maximum Gasteiger partial charge on any atom is 0.163 e. The fourth-order valence-electron chi connectivity index (χ4n) is 4.11. The van der Waals surface area contributed by atoms with Crippen LogP contribution < -0.4 is 0 Å². The number of fused-ring (bicyclic) bond motifs is 1. The number of aromatic nitrogens is 1. The van der Waals surface area contributed by atoms with Crippen LogP contribution in [-0.4, -0.2) is 67.7 Å². The maximum atomic E-state index is 10.6. The minimum atomic E-state index is -1.43. The van der Waals surface area contributed by atoms with Gasteiger partial charge < -0.3 is 34.8 Å². The van der Waals surface area contributed by atoms with Crippen LogP contribution in [-0.2, 0) is 17.6 Å². The molecule has 1 aliphatic rings. The lowest BCUT2D eigenvalue weighted by Gasteiger charge is -2.40. The normalized spacial score (nSPS) is 26.9. The maximum absolute atomic E-state index is 10.6. The van der Waals surface area contributed by atoms with Crippen LogP contribution in [0.2, 0.25) is 0 Å². The molecule has 0 amide bonds. The van der Waals surface area contributed by atoms with Crippen LogP contribution in [0.5, 0.6) is 0 Å². The van der Waals surface area contributed by atoms with E-state index in [2.05, 4.69) is 0 Å². The molecule has 0 bridgehead atoms. The zero-order valence-electron chi connectivity index (χ0n) is 16.5. The molecule has 5 atom stereocenters. The minimum Gasteiger partial charge on any atom is -0.396 e. The molecule has 2 heterocycles. The number of ether oxygens (including phenoxy) is 1. The SMILES string of the molecule is OCCc1ccc(Cc2cn([C@@H]3O[C@H](CO)[C@@H](O)[C@H](O)[C@H]3O)c3ccccc23)cc1. The van der Waals surface area contributed by atoms with Crippen molar-refractivity contribution < 1.29 is 30.3 Å². The molecular weight excluding hydrogens is 386 g/mol. The van der Waals surface area contributed by atoms with E-state index in [1.54, 1.807) is 4.57 Å². The largest absolute Gasteiger partial charge is 0.396 e. The summed E-state index contributed by atoms with van der Waals surface area (Å²) in [4.78, 5) is 0. The van der Waals surface area contributed by atoms with Gasteiger partial charge in [-0.1, -0.05) is 42.5 Å². The summed E-state index contributed by atoms with van der Waals surface area (Å²) in [6.07, 6.45) is -2.89. The third-order valence-corrected chi connectivity index (χ3v) is 5.78. The molecule has 0 saturated carbocycles. The van der Waals surface area contributed by atoms with Gasteiger partial charge in [0.15, 0.2) is 6.23 Å². The molecule has 0 aliphatic carbocycles. The fourth-order valence-corrected chi connectivity index (χ4v) is 4.11. The van der Waals surface area contributed by atoms with Gasteiger partial charge in [0, 0.05) is 18.2 Å². The summed E-state index contributed by atoms with van der Waals surface area (Å²) in [6.45, 7) is -0.348. The molecule has 7 nitrogen and oxygen atoms in total. The number of hydrogen-bond donors (Lipinski definition) is 5. The average Bonchev–Trinajstić information content (AvgIpc) is 3.12. The molecular formula is C23H27NO6. The molecule has 4 rings (SSSR count). The second-order valence-corrected chi connectivity index (χ2v) is 7.77. The Balaban J connectivity index is 1.68. The summed E-state index contributed by atoms with van der Waals surface area (Å²) >= 11 is 0. The lowest BCUT2D eigenvalue weighted by Crippen LogP contribution is -2.56. The lowest BCUT2D eigenvalue weighted by atomic mass is 9.98. The molecule has 0 unspecified atom stereocenters. The van der Waals surface area contributed by atoms with E-state index in [1.165, 1.54) is 0 Å². The Morgan fingerprint density at radius 3 is 2.23 bits per heavy atom. The highest BCUT2D eigenvalue weighted by molar-refractivity contribution is 5.84. The van der Waals surface area contributed by atoms with Gasteiger partial charge in [0.1, 0.15) is 24.4 Å². The van der Waals surface area contributed by atoms with Crippen molar-refractivity contribution in [3.05, 3.63) is 71.4 Å². The van der Waals surface area contributed by atoms with Gasteiger partial charge in [0.25, 0.3) is 0 Å². The standard InChI is InChI=1S/C23H27NO6/c25-10-9-14-5-7-15(8-6-14)11-16-12-24(18-4-2-1-3-17(16)18)23-22(29)21(28)20(27)19(13-26)30-23/h1-8,12,19-23,25-29H,9-11,13H2/t19-,20-,21+,22-,23-/m1/s1. The van der Waals surface area contributed by atoms with Gasteiger partial charge in [-0.05, 0) is 35.6 Å². The number of hydrogen-bond acceptors (Lipinski definition) is 6. The van der Waals surface area contributed by atoms with Gasteiger partial charge in [-0.2, -0.15) is 0 Å². The number of para-hydroxylation sites is 1. The van der Waals surface area contributed by atoms with E-state index in [9.17, 15) is 20.4 Å². The highest BCUT2D eigenvalue weighted by Gasteiger charge is 2.44. The first-order valence-electron chi connectivity index (χ1n) is 10.1. The Bertz CT molecular complexity index is 983. The Hall–Kier alpha value is -2.26. The van der Waals surface area contributed by atoms with Crippen LogP contribution in [0, 0.1) is 0 Å². The van der Waals surface area contributed by atoms with E-state index < -0.39 is 37.3 Å². The summed E-state index contributed by atoms with van der Waals surface area (Å²) in [5.74, 6) is 0. The van der Waals surface area contributed by atoms with Crippen LogP contribution in [0.15, 0.2) is 54.7 Å². The summed E-state index contributed by atoms with van der Waals surface area (Å²) in [6, 6.07) is 15.8. The molecule has 5 N–H and O–H groups in total. The smallest absolute Gasteiger partial charge is 0.163 e. The second-order valence-electron chi connectivity index (χ2n) is 7.77. The summed E-state index contributed by atoms with van der Waals surface area (Å²) < 4.78 is 7.52. The zero-order valence-corrected chi connectivity index (χ0v) is 16.5. The van der Waals surface area contributed by atoms with Crippen molar-refractivity contribution in [1.29, 1.82) is 0 Å². The van der Waals surface area contributed by atoms with Gasteiger partial charge in [-0.25, -0.2) is 0 Å². The van der Waals surface area contributed by atoms with Crippen molar-refractivity contribution in [2.45, 2.75) is 43.5 Å². The van der Waals surface area contributed by atoms with Crippen molar-refractivity contribution in [3.8, 4) is 0 Å². The van der Waals surface area contributed by atoms with E-state index in [1.807, 2.05) is 54.7 Å². The van der Waals surface area contributed by atoms with E-state index in [0.29, 0.717) is 12.8 Å². The van der Waals surface area contributed by atoms with Crippen molar-refractivity contribution in [2.75, 3.05) is 13.2 Å². The first-order valence-corrected chi connectivity index (χ1v) is 10.1. The lowest BCUT2D eigenvalue weighted by molar-refractivity contribution is -0.250. The Morgan fingerprint density at radius 2 is 1.53 bits per heavy atom. The summed E-state index contributed by atoms with van der Waals surface area (Å²) in [7, 11) is 0. The van der Waals surface area contributed by atoms with Crippen molar-refractivity contribution in [1.82, 2.24) is 4.57 Å². The Morgan fingerprint density at radius 1 is 0.833 bits per heavy atom. The third-order valence-electron chi connectivity index (χ3n) is 5.78. The summed E-state index contributed by atoms with van der Waals surface area (Å²) in [5.41, 5.74) is 4.03. The third kappa shape index (κ3) is 3.88. The molecule has 3 aromatic rings. The van der Waals surface area contributed by atoms with E-state index in [0.717, 1.165) is 27.6 Å². The molecule has 1 saturated heterocycles. The van der Waals surface area contributed by atoms with Gasteiger partial charge >= 0.3 is 0 Å². The highest BCUT2D eigenvalue weighted by Crippen LogP contribution is 2.33. The van der Waals surface area contributed by atoms with Crippen molar-refractivity contribution >= 4 is 10.9 Å². The van der Waals surface area contributed by atoms with Crippen LogP contribution in [0.3, 0.4) is 0 Å². The van der Waals surface area contributed by atoms with Gasteiger partial charge in [-0.3, -0.25) is 0 Å². The average molecular weight is 413 g/mol. The molecule has 160 valence electrons. The number of rotatable bonds is 6. The predicted molar refractivity (Wildman–Crippen MR) is 111 cm³/mol. The Labute approximate surface area is 174 Å². The van der Waals surface area contributed by atoms with Crippen LogP contribution in [0.1, 0.15) is 22.9 Å². The quantitative estimate of drug-likeness (QED) is 0.407. The Kier molecular flexibility index (Phi) is 6.19. The first kappa shape index (κ1) is 21.0. The van der Waals surface area contributed by atoms with E-state index in [-0.39, 0.29) is 6.61 Å². The number of aliphatic hydroxyl groups excluding tert-OH is 5. The molecule has 30 heavy (non-hydrogen) atoms. The number of nitrogens with zero attached hydrogens (tertiary/aromatic N) is 1. The van der Waals surface area contributed by atoms with Gasteiger partial charge in [0.2, 0.25) is 0 Å². The van der Waals surface area contributed by atoms with Crippen LogP contribution >= 0.6 is 0 Å². The summed E-state index contributed by atoms with van der Waals surface area (Å²) in [5, 5.41) is 50.4. The zero-order chi connectivity index (χ0) is 21.3. The molecule has 7 heteroatoms. The van der Waals surface area contributed by atoms with Gasteiger partial charge in [-0.15, -0.1) is 0 Å². The van der Waals surface area contributed by atoms with E-state index >= 15 is 0 Å². The second kappa shape index (κ2) is 8.85.